The summed E-state index contributed by atoms with van der Waals surface area (Å²) in [6, 6.07) is 6.47. The number of esters is 5. The Morgan fingerprint density at radius 1 is 0.985 bits per heavy atom. The number of carbonyl (C=O) groups is 7. The van der Waals surface area contributed by atoms with Crippen molar-refractivity contribution in [3.8, 4) is 0 Å². The number of aliphatic hydroxyl groups is 2. The van der Waals surface area contributed by atoms with Crippen LogP contribution in [0, 0.1) is 16.7 Å². The van der Waals surface area contributed by atoms with Crippen LogP contribution in [0.25, 0.3) is 0 Å². The first-order valence-electron chi connectivity index (χ1n) is 21.7. The van der Waals surface area contributed by atoms with Gasteiger partial charge in [0, 0.05) is 37.9 Å². The van der Waals surface area contributed by atoms with Gasteiger partial charge in [0.25, 0.3) is 0 Å². The van der Waals surface area contributed by atoms with Crippen LogP contribution in [-0.4, -0.2) is 130 Å². The van der Waals surface area contributed by atoms with Gasteiger partial charge in [0.2, 0.25) is 6.10 Å². The second-order valence-electron chi connectivity index (χ2n) is 19.2. The van der Waals surface area contributed by atoms with Gasteiger partial charge in [-0.3, -0.25) is 19.2 Å². The van der Waals surface area contributed by atoms with E-state index in [4.69, 9.17) is 33.2 Å². The highest BCUT2D eigenvalue weighted by Crippen LogP contribution is 2.64. The molecule has 4 aliphatic rings. The lowest BCUT2D eigenvalue weighted by Crippen LogP contribution is -2.82. The average molecular weight is 962 g/mol. The first kappa shape index (κ1) is 52.5. The molecule has 1 aromatic carbocycles. The van der Waals surface area contributed by atoms with Gasteiger partial charge in [0.05, 0.1) is 42.1 Å². The van der Waals surface area contributed by atoms with Gasteiger partial charge >= 0.3 is 35.9 Å². The van der Waals surface area contributed by atoms with Gasteiger partial charge in [-0.15, -0.1) is 0 Å². The predicted molar refractivity (Wildman–Crippen MR) is 242 cm³/mol. The summed E-state index contributed by atoms with van der Waals surface area (Å²) in [5.41, 5.74) is -8.16. The molecule has 0 spiro atoms. The highest BCUT2D eigenvalue weighted by atomic mass is 33.1. The van der Waals surface area contributed by atoms with Crippen LogP contribution in [0.1, 0.15) is 106 Å². The van der Waals surface area contributed by atoms with E-state index in [1.165, 1.54) is 53.6 Å². The predicted octanol–water partition coefficient (Wildman–Crippen LogP) is 5.38. The van der Waals surface area contributed by atoms with Crippen molar-refractivity contribution in [2.45, 2.75) is 155 Å². The SMILES string of the molecule is CSSCCC(=O)O[C@@H](C(=O)O[C@H]1C[C@@]2(O)[C@@H](OC(=O)c3ccccc3)[C@@H]3[C@]4(OC(C)=O)CO[C@@H]4C[C@H](O)[C@@]3(C)C(=O)[C@H](OC(C)=O)C(=C1C)C2(C)C)[C@H](C=C(C)C)NC(=O)OC(C)(C)C. The fourth-order valence-electron chi connectivity index (χ4n) is 9.91. The van der Waals surface area contributed by atoms with Crippen molar-refractivity contribution >= 4 is 63.3 Å². The zero-order valence-electron chi connectivity index (χ0n) is 39.5. The molecule has 3 N–H and O–H groups in total. The fraction of sp³-hybridized carbons (Fsp3) is 0.638. The van der Waals surface area contributed by atoms with Crippen LogP contribution in [-0.2, 0) is 57.1 Å². The van der Waals surface area contributed by atoms with E-state index in [-0.39, 0.29) is 36.2 Å². The molecule has 1 amide bonds. The van der Waals surface area contributed by atoms with Gasteiger partial charge in [0.1, 0.15) is 29.5 Å². The number of aliphatic hydroxyl groups excluding tert-OH is 1. The Morgan fingerprint density at radius 3 is 2.18 bits per heavy atom. The second-order valence-corrected chi connectivity index (χ2v) is 21.9. The monoisotopic (exact) mass is 961 g/mol. The molecule has 2 bridgehead atoms. The van der Waals surface area contributed by atoms with E-state index in [0.717, 1.165) is 13.8 Å². The number of ether oxygens (including phenoxy) is 7. The Kier molecular flexibility index (Phi) is 16.0. The van der Waals surface area contributed by atoms with Crippen molar-refractivity contribution in [3.05, 3.63) is 58.7 Å². The second kappa shape index (κ2) is 20.0. The minimum absolute atomic E-state index is 0.0224. The molecule has 1 heterocycles. The summed E-state index contributed by atoms with van der Waals surface area (Å²) in [5.74, 6) is -6.75. The third kappa shape index (κ3) is 10.3. The lowest BCUT2D eigenvalue weighted by Gasteiger charge is -2.67. The molecule has 3 fully saturated rings. The van der Waals surface area contributed by atoms with Gasteiger partial charge in [-0.2, -0.15) is 0 Å². The van der Waals surface area contributed by atoms with Gasteiger partial charge in [-0.05, 0) is 78.0 Å². The van der Waals surface area contributed by atoms with Gasteiger partial charge in [-0.25, -0.2) is 14.4 Å². The standard InChI is InChI=1S/C47H63NO16S2/c1-24(2)20-29(48-42(56)64-43(6,7)8)35(61-33(52)18-19-66-65-12)41(55)60-30-22-47(57)39(62-40(54)28-16-14-13-15-17-28)37-45(11,31(51)21-32-46(37,23-58-32)63-27(5)50)38(53)36(59-26(4)49)34(25(30)3)44(47,9)10/h13-17,20,29-32,35-37,39,51,57H,18-19,21-23H2,1-12H3,(H,48,56)/t29-,30-,31-,32+,35+,36+,37-,39-,45+,46-,47+/m0/s1. The molecular formula is C47H63NO16S2. The topological polar surface area (TPSA) is 237 Å². The van der Waals surface area contributed by atoms with E-state index in [9.17, 15) is 39.0 Å². The lowest BCUT2D eigenvalue weighted by atomic mass is 9.44. The number of hydrogen-bond donors (Lipinski definition) is 3. The summed E-state index contributed by atoms with van der Waals surface area (Å²) in [6.07, 6.45) is -8.24. The maximum atomic E-state index is 15.6. The van der Waals surface area contributed by atoms with Crippen molar-refractivity contribution in [1.82, 2.24) is 5.32 Å². The molecule has 1 aliphatic heterocycles. The van der Waals surface area contributed by atoms with Crippen LogP contribution in [0.2, 0.25) is 0 Å². The fourth-order valence-corrected chi connectivity index (χ4v) is 11.1. The highest BCUT2D eigenvalue weighted by Gasteiger charge is 2.78. The van der Waals surface area contributed by atoms with E-state index in [1.54, 1.807) is 66.7 Å². The molecule has 66 heavy (non-hydrogen) atoms. The summed E-state index contributed by atoms with van der Waals surface area (Å²) < 4.78 is 41.9. The molecule has 1 saturated heterocycles. The normalized spacial score (nSPS) is 30.8. The minimum atomic E-state index is -2.43. The van der Waals surface area contributed by atoms with Crippen LogP contribution in [0.3, 0.4) is 0 Å². The molecule has 364 valence electrons. The quantitative estimate of drug-likeness (QED) is 0.0698. The number of nitrogens with one attached hydrogen (secondary N) is 1. The smallest absolute Gasteiger partial charge is 0.408 e. The summed E-state index contributed by atoms with van der Waals surface area (Å²) in [4.78, 5) is 97.6. The van der Waals surface area contributed by atoms with Gasteiger partial charge < -0.3 is 48.7 Å². The van der Waals surface area contributed by atoms with Crippen molar-refractivity contribution in [2.24, 2.45) is 16.7 Å². The van der Waals surface area contributed by atoms with Gasteiger partial charge in [-0.1, -0.05) is 65.3 Å². The Morgan fingerprint density at radius 2 is 1.64 bits per heavy atom. The van der Waals surface area contributed by atoms with Crippen LogP contribution in [0.15, 0.2) is 53.1 Å². The molecular weight excluding hydrogens is 899 g/mol. The zero-order chi connectivity index (χ0) is 49.3. The van der Waals surface area contributed by atoms with Crippen LogP contribution < -0.4 is 5.32 Å². The van der Waals surface area contributed by atoms with E-state index >= 15 is 4.79 Å². The molecule has 0 radical (unpaired) electrons. The van der Waals surface area contributed by atoms with E-state index in [1.807, 2.05) is 6.26 Å². The van der Waals surface area contributed by atoms with Crippen LogP contribution >= 0.6 is 21.6 Å². The van der Waals surface area contributed by atoms with E-state index < -0.39 is 124 Å². The number of hydrogen-bond acceptors (Lipinski definition) is 18. The first-order valence-corrected chi connectivity index (χ1v) is 24.5. The van der Waals surface area contributed by atoms with Crippen molar-refractivity contribution in [2.75, 3.05) is 18.6 Å². The lowest BCUT2D eigenvalue weighted by molar-refractivity contribution is -0.346. The summed E-state index contributed by atoms with van der Waals surface area (Å²) in [5, 5.41) is 28.6. The number of carbonyl (C=O) groups excluding carboxylic acids is 7. The largest absolute Gasteiger partial charge is 0.455 e. The Bertz CT molecular complexity index is 2130. The molecule has 5 rings (SSSR count). The van der Waals surface area contributed by atoms with Crippen LogP contribution in [0.4, 0.5) is 4.79 Å². The Hall–Kier alpha value is -4.43. The van der Waals surface area contributed by atoms with E-state index in [2.05, 4.69) is 5.32 Å². The van der Waals surface area contributed by atoms with Gasteiger partial charge in [0.15, 0.2) is 17.5 Å². The molecule has 11 atom stereocenters. The minimum Gasteiger partial charge on any atom is -0.455 e. The molecule has 17 nitrogen and oxygen atoms in total. The molecule has 19 heteroatoms. The summed E-state index contributed by atoms with van der Waals surface area (Å²) in [7, 11) is 2.81. The van der Waals surface area contributed by atoms with Crippen molar-refractivity contribution in [3.63, 3.8) is 0 Å². The Balaban J connectivity index is 1.76. The number of amides is 1. The maximum absolute atomic E-state index is 15.6. The maximum Gasteiger partial charge on any atom is 0.408 e. The van der Waals surface area contributed by atoms with Crippen molar-refractivity contribution < 1.29 is 76.9 Å². The molecule has 1 aromatic rings. The zero-order valence-corrected chi connectivity index (χ0v) is 41.2. The van der Waals surface area contributed by atoms with Crippen LogP contribution in [0.5, 0.6) is 0 Å². The Labute approximate surface area is 393 Å². The number of allylic oxidation sites excluding steroid dienone is 1. The highest BCUT2D eigenvalue weighted by molar-refractivity contribution is 8.76. The third-order valence-electron chi connectivity index (χ3n) is 13.0. The number of fused-ring (bicyclic) bond motifs is 5. The number of benzene rings is 1. The number of ketones is 1. The summed E-state index contributed by atoms with van der Waals surface area (Å²) in [6.45, 7) is 16.3. The van der Waals surface area contributed by atoms with E-state index in [0.29, 0.717) is 11.3 Å². The van der Waals surface area contributed by atoms with Crippen molar-refractivity contribution in [1.29, 1.82) is 0 Å². The molecule has 2 saturated carbocycles. The number of alkyl carbamates (subject to hydrolysis) is 1. The molecule has 0 aromatic heterocycles. The third-order valence-corrected chi connectivity index (χ3v) is 14.8. The average Bonchev–Trinajstić information content (AvgIpc) is 3.20. The number of Topliss-reactive ketones (excluding diaryl/α,β-unsaturated/α-hetero) is 1. The first-order chi connectivity index (χ1) is 30.6. The number of rotatable bonds is 14. The molecule has 3 aliphatic carbocycles. The molecule has 0 unspecified atom stereocenters. The summed E-state index contributed by atoms with van der Waals surface area (Å²) >= 11 is 0.